The van der Waals surface area contributed by atoms with Crippen molar-refractivity contribution >= 4 is 16.9 Å². The molecule has 2 fully saturated rings. The molecule has 0 aliphatic carbocycles. The molecular weight excluding hydrogens is 330 g/mol. The minimum absolute atomic E-state index is 0.0742. The summed E-state index contributed by atoms with van der Waals surface area (Å²) in [5.74, 6) is 0.839. The van der Waals surface area contributed by atoms with Gasteiger partial charge in [0.25, 0.3) is 0 Å². The first-order valence-electron chi connectivity index (χ1n) is 9.32. The quantitative estimate of drug-likeness (QED) is 0.879. The number of rotatable bonds is 4. The number of hydrogen-bond donors (Lipinski definition) is 1. The summed E-state index contributed by atoms with van der Waals surface area (Å²) in [6.07, 6.45) is 0. The van der Waals surface area contributed by atoms with Gasteiger partial charge in [0, 0.05) is 45.3 Å². The van der Waals surface area contributed by atoms with Gasteiger partial charge in [0.05, 0.1) is 11.0 Å². The van der Waals surface area contributed by atoms with Crippen molar-refractivity contribution in [2.75, 3.05) is 52.9 Å². The molecule has 1 aromatic carbocycles. The number of likely N-dealkylation sites (N-methyl/N-ethyl adjacent to an activating group) is 1. The van der Waals surface area contributed by atoms with E-state index in [9.17, 15) is 4.79 Å². The van der Waals surface area contributed by atoms with Gasteiger partial charge >= 0.3 is 0 Å². The Kier molecular flexibility index (Phi) is 4.93. The summed E-state index contributed by atoms with van der Waals surface area (Å²) < 4.78 is 5.65. The first-order chi connectivity index (χ1) is 12.6. The van der Waals surface area contributed by atoms with E-state index in [0.29, 0.717) is 12.6 Å². The minimum atomic E-state index is 0.0742. The third kappa shape index (κ3) is 3.60. The van der Waals surface area contributed by atoms with Crippen molar-refractivity contribution in [3.63, 3.8) is 0 Å². The average molecular weight is 357 g/mol. The molecule has 2 aromatic rings. The number of carbonyl (C=O) groups is 1. The topological polar surface area (TPSA) is 64.7 Å². The summed E-state index contributed by atoms with van der Waals surface area (Å²) in [5, 5.41) is 0. The fourth-order valence-electron chi connectivity index (χ4n) is 3.96. The van der Waals surface area contributed by atoms with E-state index in [4.69, 9.17) is 4.74 Å². The number of H-pyrrole nitrogens is 1. The van der Waals surface area contributed by atoms with Crippen molar-refractivity contribution in [1.82, 2.24) is 24.7 Å². The number of aryl methyl sites for hydroxylation is 1. The normalized spacial score (nSPS) is 21.9. The number of piperazine rings is 2. The van der Waals surface area contributed by atoms with Gasteiger partial charge < -0.3 is 19.5 Å². The number of para-hydroxylation sites is 1. The summed E-state index contributed by atoms with van der Waals surface area (Å²) >= 11 is 0. The summed E-state index contributed by atoms with van der Waals surface area (Å²) in [7, 11) is 2.15. The number of benzene rings is 1. The van der Waals surface area contributed by atoms with E-state index in [2.05, 4.69) is 26.8 Å². The lowest BCUT2D eigenvalue weighted by atomic mass is 10.1. The summed E-state index contributed by atoms with van der Waals surface area (Å²) in [5.41, 5.74) is 3.11. The Bertz CT molecular complexity index is 789. The molecule has 1 amide bonds. The molecule has 0 unspecified atom stereocenters. The Balaban J connectivity index is 1.29. The van der Waals surface area contributed by atoms with Gasteiger partial charge in [0.1, 0.15) is 19.0 Å². The SMILES string of the molecule is Cc1cccc2[nH]c(COCC(=O)N3CCN4CCN(C)C[C@H]4C3)nc12. The predicted molar refractivity (Wildman–Crippen MR) is 99.9 cm³/mol. The maximum Gasteiger partial charge on any atom is 0.248 e. The highest BCUT2D eigenvalue weighted by Gasteiger charge is 2.32. The van der Waals surface area contributed by atoms with E-state index >= 15 is 0 Å². The second kappa shape index (κ2) is 7.34. The van der Waals surface area contributed by atoms with Crippen molar-refractivity contribution < 1.29 is 9.53 Å². The van der Waals surface area contributed by atoms with Crippen molar-refractivity contribution in [3.8, 4) is 0 Å². The zero-order valence-corrected chi connectivity index (χ0v) is 15.6. The van der Waals surface area contributed by atoms with Gasteiger partial charge in [-0.25, -0.2) is 4.98 Å². The fourth-order valence-corrected chi connectivity index (χ4v) is 3.96. The van der Waals surface area contributed by atoms with Gasteiger partial charge in [0.2, 0.25) is 5.91 Å². The largest absolute Gasteiger partial charge is 0.364 e. The van der Waals surface area contributed by atoms with E-state index in [1.165, 1.54) is 0 Å². The van der Waals surface area contributed by atoms with Crippen LogP contribution in [0.25, 0.3) is 11.0 Å². The molecule has 2 saturated heterocycles. The van der Waals surface area contributed by atoms with Crippen LogP contribution in [0.1, 0.15) is 11.4 Å². The molecule has 0 radical (unpaired) electrons. The van der Waals surface area contributed by atoms with E-state index in [1.54, 1.807) is 0 Å². The molecule has 0 saturated carbocycles. The Labute approximate surface area is 153 Å². The molecule has 7 heteroatoms. The van der Waals surface area contributed by atoms with Crippen LogP contribution < -0.4 is 0 Å². The van der Waals surface area contributed by atoms with Crippen LogP contribution in [0, 0.1) is 6.92 Å². The van der Waals surface area contributed by atoms with Crippen LogP contribution in [0.4, 0.5) is 0 Å². The molecule has 3 heterocycles. The molecule has 2 aliphatic heterocycles. The first kappa shape index (κ1) is 17.5. The molecule has 140 valence electrons. The molecule has 4 rings (SSSR count). The molecular formula is C19H27N5O2. The molecule has 1 aromatic heterocycles. The van der Waals surface area contributed by atoms with Crippen LogP contribution in [-0.4, -0.2) is 89.5 Å². The number of nitrogens with one attached hydrogen (secondary N) is 1. The number of carbonyl (C=O) groups excluding carboxylic acids is 1. The van der Waals surface area contributed by atoms with Crippen LogP contribution in [0.15, 0.2) is 18.2 Å². The van der Waals surface area contributed by atoms with Crippen LogP contribution in [-0.2, 0) is 16.1 Å². The third-order valence-corrected chi connectivity index (χ3v) is 5.48. The lowest BCUT2D eigenvalue weighted by Gasteiger charge is -2.46. The van der Waals surface area contributed by atoms with Gasteiger partial charge in [-0.3, -0.25) is 9.69 Å². The van der Waals surface area contributed by atoms with Crippen molar-refractivity contribution in [3.05, 3.63) is 29.6 Å². The number of ether oxygens (including phenoxy) is 1. The summed E-state index contributed by atoms with van der Waals surface area (Å²) in [6, 6.07) is 6.50. The van der Waals surface area contributed by atoms with E-state index < -0.39 is 0 Å². The number of aromatic amines is 1. The van der Waals surface area contributed by atoms with E-state index in [-0.39, 0.29) is 12.5 Å². The maximum absolute atomic E-state index is 12.5. The number of amides is 1. The van der Waals surface area contributed by atoms with Crippen molar-refractivity contribution in [1.29, 1.82) is 0 Å². The smallest absolute Gasteiger partial charge is 0.248 e. The summed E-state index contributed by atoms with van der Waals surface area (Å²) in [4.78, 5) is 27.1. The second-order valence-electron chi connectivity index (χ2n) is 7.44. The third-order valence-electron chi connectivity index (χ3n) is 5.48. The van der Waals surface area contributed by atoms with Gasteiger partial charge in [-0.2, -0.15) is 0 Å². The minimum Gasteiger partial charge on any atom is -0.364 e. The first-order valence-corrected chi connectivity index (χ1v) is 9.32. The number of aromatic nitrogens is 2. The zero-order valence-electron chi connectivity index (χ0n) is 15.6. The second-order valence-corrected chi connectivity index (χ2v) is 7.44. The number of imidazole rings is 1. The van der Waals surface area contributed by atoms with E-state index in [1.807, 2.05) is 30.0 Å². The lowest BCUT2D eigenvalue weighted by Crippen LogP contribution is -2.62. The molecule has 7 nitrogen and oxygen atoms in total. The van der Waals surface area contributed by atoms with Crippen LogP contribution in [0.5, 0.6) is 0 Å². The molecule has 26 heavy (non-hydrogen) atoms. The summed E-state index contributed by atoms with van der Waals surface area (Å²) in [6.45, 7) is 8.29. The molecule has 2 aliphatic rings. The highest BCUT2D eigenvalue weighted by atomic mass is 16.5. The Hall–Kier alpha value is -1.96. The van der Waals surface area contributed by atoms with Crippen molar-refractivity contribution in [2.45, 2.75) is 19.6 Å². The number of fused-ring (bicyclic) bond motifs is 2. The monoisotopic (exact) mass is 357 g/mol. The number of nitrogens with zero attached hydrogens (tertiary/aromatic N) is 4. The highest BCUT2D eigenvalue weighted by Crippen LogP contribution is 2.17. The molecule has 1 atom stereocenters. The van der Waals surface area contributed by atoms with Gasteiger partial charge in [-0.05, 0) is 25.6 Å². The molecule has 0 bridgehead atoms. The fraction of sp³-hybridized carbons (Fsp3) is 0.579. The van der Waals surface area contributed by atoms with Crippen molar-refractivity contribution in [2.24, 2.45) is 0 Å². The van der Waals surface area contributed by atoms with Crippen LogP contribution in [0.3, 0.4) is 0 Å². The highest BCUT2D eigenvalue weighted by molar-refractivity contribution is 5.78. The van der Waals surface area contributed by atoms with E-state index in [0.717, 1.165) is 61.7 Å². The molecule has 1 N–H and O–H groups in total. The van der Waals surface area contributed by atoms with Gasteiger partial charge in [-0.15, -0.1) is 0 Å². The average Bonchev–Trinajstić information content (AvgIpc) is 3.05. The van der Waals surface area contributed by atoms with Crippen LogP contribution >= 0.6 is 0 Å². The lowest BCUT2D eigenvalue weighted by molar-refractivity contribution is -0.140. The maximum atomic E-state index is 12.5. The Morgan fingerprint density at radius 2 is 2.12 bits per heavy atom. The molecule has 0 spiro atoms. The van der Waals surface area contributed by atoms with Crippen LogP contribution in [0.2, 0.25) is 0 Å². The van der Waals surface area contributed by atoms with Gasteiger partial charge in [-0.1, -0.05) is 12.1 Å². The Morgan fingerprint density at radius 1 is 1.27 bits per heavy atom. The van der Waals surface area contributed by atoms with Gasteiger partial charge in [0.15, 0.2) is 0 Å². The zero-order chi connectivity index (χ0) is 18.1. The predicted octanol–water partition coefficient (Wildman–Crippen LogP) is 0.846. The number of hydrogen-bond acceptors (Lipinski definition) is 5. The Morgan fingerprint density at radius 3 is 2.96 bits per heavy atom. The standard InChI is InChI=1S/C19H27N5O2/c1-14-4-3-5-16-19(14)21-17(20-16)12-26-13-18(25)24-9-8-23-7-6-22(2)10-15(23)11-24/h3-5,15H,6-13H2,1-2H3,(H,20,21)/t15-/m0/s1.